The summed E-state index contributed by atoms with van der Waals surface area (Å²) in [5.74, 6) is 0.974. The summed E-state index contributed by atoms with van der Waals surface area (Å²) in [5, 5.41) is 7.18. The Morgan fingerprint density at radius 1 is 1.08 bits per heavy atom. The SMILES string of the molecule is COc1cnc(-n2cnc(C)n2)c2[nH]cc(C(=O)C(=O)N3CCN(c4nc(Cl)cc5ccccc45)CC3)c12. The number of halogens is 1. The molecule has 5 aromatic rings. The fourth-order valence-electron chi connectivity index (χ4n) is 4.83. The number of methoxy groups -OCH3 is 1. The number of carbonyl (C=O) groups excluding carboxylic acids is 2. The van der Waals surface area contributed by atoms with Crippen molar-refractivity contribution in [1.29, 1.82) is 0 Å². The summed E-state index contributed by atoms with van der Waals surface area (Å²) in [6.45, 7) is 3.56. The van der Waals surface area contributed by atoms with Crippen LogP contribution >= 0.6 is 11.6 Å². The smallest absolute Gasteiger partial charge is 0.295 e. The van der Waals surface area contributed by atoms with E-state index in [9.17, 15) is 9.59 Å². The molecule has 0 aliphatic carbocycles. The summed E-state index contributed by atoms with van der Waals surface area (Å²) in [4.78, 5) is 46.6. The van der Waals surface area contributed by atoms with E-state index < -0.39 is 11.7 Å². The van der Waals surface area contributed by atoms with Crippen LogP contribution in [0.3, 0.4) is 0 Å². The van der Waals surface area contributed by atoms with Gasteiger partial charge in [-0.1, -0.05) is 35.9 Å². The lowest BCUT2D eigenvalue weighted by Crippen LogP contribution is -2.51. The van der Waals surface area contributed by atoms with E-state index >= 15 is 0 Å². The highest BCUT2D eigenvalue weighted by Gasteiger charge is 2.31. The predicted octanol–water partition coefficient (Wildman–Crippen LogP) is 3.19. The molecule has 1 saturated heterocycles. The van der Waals surface area contributed by atoms with Crippen LogP contribution in [0.1, 0.15) is 16.2 Å². The van der Waals surface area contributed by atoms with Crippen molar-refractivity contribution in [2.75, 3.05) is 38.2 Å². The third-order valence-corrected chi connectivity index (χ3v) is 6.89. The van der Waals surface area contributed by atoms with Gasteiger partial charge >= 0.3 is 0 Å². The Bertz CT molecular complexity index is 1700. The van der Waals surface area contributed by atoms with Crippen molar-refractivity contribution in [2.45, 2.75) is 6.92 Å². The molecule has 0 unspecified atom stereocenters. The van der Waals surface area contributed by atoms with E-state index in [4.69, 9.17) is 16.3 Å². The van der Waals surface area contributed by atoms with Crippen molar-refractivity contribution in [1.82, 2.24) is 34.6 Å². The van der Waals surface area contributed by atoms with Crippen molar-refractivity contribution in [3.05, 3.63) is 65.6 Å². The summed E-state index contributed by atoms with van der Waals surface area (Å²) in [6.07, 6.45) is 4.56. The Hall–Kier alpha value is -4.51. The molecule has 4 aromatic heterocycles. The molecule has 1 amide bonds. The van der Waals surface area contributed by atoms with Crippen LogP contribution in [0.2, 0.25) is 5.15 Å². The van der Waals surface area contributed by atoms with Gasteiger partial charge in [0.1, 0.15) is 28.9 Å². The van der Waals surface area contributed by atoms with Crippen molar-refractivity contribution in [3.8, 4) is 11.6 Å². The average molecular weight is 531 g/mol. The van der Waals surface area contributed by atoms with E-state index in [0.717, 1.165) is 16.6 Å². The quantitative estimate of drug-likeness (QED) is 0.209. The van der Waals surface area contributed by atoms with Gasteiger partial charge in [0.25, 0.3) is 11.7 Å². The van der Waals surface area contributed by atoms with E-state index in [1.165, 1.54) is 30.5 Å². The molecule has 11 nitrogen and oxygen atoms in total. The van der Waals surface area contributed by atoms with Crippen LogP contribution in [0, 0.1) is 6.92 Å². The number of nitrogens with one attached hydrogen (secondary N) is 1. The van der Waals surface area contributed by atoms with Gasteiger partial charge in [0.15, 0.2) is 5.82 Å². The maximum absolute atomic E-state index is 13.4. The van der Waals surface area contributed by atoms with Crippen molar-refractivity contribution < 1.29 is 14.3 Å². The highest BCUT2D eigenvalue weighted by molar-refractivity contribution is 6.45. The fraction of sp³-hybridized carbons (Fsp3) is 0.231. The summed E-state index contributed by atoms with van der Waals surface area (Å²) in [5.41, 5.74) is 0.737. The van der Waals surface area contributed by atoms with Crippen molar-refractivity contribution in [3.63, 3.8) is 0 Å². The normalized spacial score (nSPS) is 13.9. The molecule has 1 N–H and O–H groups in total. The number of amides is 1. The molecule has 0 spiro atoms. The van der Waals surface area contributed by atoms with Crippen LogP contribution in [0.25, 0.3) is 27.5 Å². The van der Waals surface area contributed by atoms with Gasteiger partial charge in [-0.3, -0.25) is 9.59 Å². The van der Waals surface area contributed by atoms with Crippen LogP contribution in [0.5, 0.6) is 5.75 Å². The highest BCUT2D eigenvalue weighted by Crippen LogP contribution is 2.32. The molecular weight excluding hydrogens is 508 g/mol. The van der Waals surface area contributed by atoms with Gasteiger partial charge in [0, 0.05) is 37.8 Å². The largest absolute Gasteiger partial charge is 0.494 e. The van der Waals surface area contributed by atoms with Gasteiger partial charge in [0.05, 0.1) is 29.8 Å². The summed E-state index contributed by atoms with van der Waals surface area (Å²) in [6, 6.07) is 9.74. The Kier molecular flexibility index (Phi) is 5.91. The molecule has 6 rings (SSSR count). The van der Waals surface area contributed by atoms with Crippen LogP contribution in [0.15, 0.2) is 49.1 Å². The topological polar surface area (TPSA) is 122 Å². The zero-order valence-corrected chi connectivity index (χ0v) is 21.4. The first-order valence-corrected chi connectivity index (χ1v) is 12.4. The van der Waals surface area contributed by atoms with Gasteiger partial charge in [-0.15, -0.1) is 0 Å². The molecular formula is C26H23ClN8O3. The zero-order valence-electron chi connectivity index (χ0n) is 20.7. The molecule has 192 valence electrons. The monoisotopic (exact) mass is 530 g/mol. The van der Waals surface area contributed by atoms with Crippen molar-refractivity contribution >= 4 is 50.8 Å². The fourth-order valence-corrected chi connectivity index (χ4v) is 5.03. The summed E-state index contributed by atoms with van der Waals surface area (Å²) < 4.78 is 6.99. The minimum atomic E-state index is -0.624. The number of ether oxygens (including phenoxy) is 1. The van der Waals surface area contributed by atoms with Gasteiger partial charge in [-0.2, -0.15) is 5.10 Å². The number of carbonyl (C=O) groups is 2. The lowest BCUT2D eigenvalue weighted by atomic mass is 10.1. The number of Topliss-reactive ketones (excluding diaryl/α,β-unsaturated/α-hetero) is 1. The zero-order chi connectivity index (χ0) is 26.4. The lowest BCUT2D eigenvalue weighted by molar-refractivity contribution is -0.126. The minimum absolute atomic E-state index is 0.215. The number of anilines is 1. The number of nitrogens with zero attached hydrogens (tertiary/aromatic N) is 7. The molecule has 1 aromatic carbocycles. The summed E-state index contributed by atoms with van der Waals surface area (Å²) >= 11 is 6.27. The Labute approximate surface area is 222 Å². The first kappa shape index (κ1) is 23.9. The molecule has 1 aliphatic heterocycles. The van der Waals surface area contributed by atoms with Gasteiger partial charge in [-0.25, -0.2) is 19.6 Å². The van der Waals surface area contributed by atoms with Crippen molar-refractivity contribution in [2.24, 2.45) is 0 Å². The van der Waals surface area contributed by atoms with E-state index in [1.54, 1.807) is 11.8 Å². The molecule has 0 atom stereocenters. The molecule has 5 heterocycles. The number of H-pyrrole nitrogens is 1. The number of piperazine rings is 1. The molecule has 1 aliphatic rings. The number of pyridine rings is 2. The minimum Gasteiger partial charge on any atom is -0.494 e. The van der Waals surface area contributed by atoms with Gasteiger partial charge < -0.3 is 19.5 Å². The standard InChI is InChI=1S/C26H23ClN8O3/c1-15-30-14-35(32-15)25-22-21(19(38-2)13-29-25)18(12-28-22)23(36)26(37)34-9-7-33(8-10-34)24-17-6-4-3-5-16(17)11-20(27)31-24/h3-6,11-14,28H,7-10H2,1-2H3. The third-order valence-electron chi connectivity index (χ3n) is 6.69. The van der Waals surface area contributed by atoms with Gasteiger partial charge in [0.2, 0.25) is 0 Å². The molecule has 12 heteroatoms. The molecule has 1 fully saturated rings. The first-order valence-electron chi connectivity index (χ1n) is 12.0. The average Bonchev–Trinajstić information content (AvgIpc) is 3.58. The predicted molar refractivity (Wildman–Crippen MR) is 142 cm³/mol. The number of ketones is 1. The van der Waals surface area contributed by atoms with Gasteiger partial charge in [-0.05, 0) is 18.4 Å². The van der Waals surface area contributed by atoms with Crippen LogP contribution in [0.4, 0.5) is 5.82 Å². The van der Waals surface area contributed by atoms with E-state index in [-0.39, 0.29) is 5.56 Å². The highest BCUT2D eigenvalue weighted by atomic mass is 35.5. The number of aromatic nitrogens is 6. The maximum Gasteiger partial charge on any atom is 0.295 e. The lowest BCUT2D eigenvalue weighted by Gasteiger charge is -2.35. The number of fused-ring (bicyclic) bond motifs is 2. The second-order valence-electron chi connectivity index (χ2n) is 8.94. The number of aromatic amines is 1. The van der Waals surface area contributed by atoms with E-state index in [2.05, 4.69) is 29.9 Å². The Balaban J connectivity index is 1.25. The van der Waals surface area contributed by atoms with E-state index in [0.29, 0.717) is 59.6 Å². The Morgan fingerprint density at radius 3 is 2.61 bits per heavy atom. The second kappa shape index (κ2) is 9.42. The number of hydrogen-bond donors (Lipinski definition) is 1. The van der Waals surface area contributed by atoms with E-state index in [1.807, 2.05) is 30.3 Å². The van der Waals surface area contributed by atoms with Crippen LogP contribution < -0.4 is 9.64 Å². The molecule has 0 radical (unpaired) electrons. The Morgan fingerprint density at radius 2 is 1.87 bits per heavy atom. The number of benzene rings is 1. The number of rotatable bonds is 5. The summed E-state index contributed by atoms with van der Waals surface area (Å²) in [7, 11) is 1.49. The van der Waals surface area contributed by atoms with Crippen LogP contribution in [-0.4, -0.2) is 79.6 Å². The molecule has 0 saturated carbocycles. The second-order valence-corrected chi connectivity index (χ2v) is 9.32. The first-order chi connectivity index (χ1) is 18.4. The third kappa shape index (κ3) is 4.01. The number of aryl methyl sites for hydroxylation is 1. The number of hydrogen-bond acceptors (Lipinski definition) is 8. The van der Waals surface area contributed by atoms with Crippen LogP contribution in [-0.2, 0) is 4.79 Å². The molecule has 38 heavy (non-hydrogen) atoms. The maximum atomic E-state index is 13.4. The molecule has 0 bridgehead atoms.